The van der Waals surface area contributed by atoms with Gasteiger partial charge in [0.2, 0.25) is 5.91 Å². The van der Waals surface area contributed by atoms with Crippen LogP contribution in [0.2, 0.25) is 5.02 Å². The zero-order chi connectivity index (χ0) is 18.0. The zero-order valence-electron chi connectivity index (χ0n) is 14.4. The Bertz CT molecular complexity index is 746. The molecule has 1 aromatic rings. The Morgan fingerprint density at radius 1 is 1.32 bits per heavy atom. The molecule has 1 aliphatic carbocycles. The molecule has 0 aromatic heterocycles. The highest BCUT2D eigenvalue weighted by atomic mass is 35.5. The van der Waals surface area contributed by atoms with Crippen molar-refractivity contribution < 1.29 is 9.53 Å². The number of benzene rings is 1. The SMILES string of the molecule is C=C(C)OC1CCC(C(=O)Nc2cc3c(cc2Cl)C(=C)NC=C3)CC1. The Kier molecular flexibility index (Phi) is 5.19. The maximum atomic E-state index is 12.6. The summed E-state index contributed by atoms with van der Waals surface area (Å²) >= 11 is 6.35. The van der Waals surface area contributed by atoms with Crippen molar-refractivity contribution in [3.8, 4) is 0 Å². The van der Waals surface area contributed by atoms with E-state index in [4.69, 9.17) is 16.3 Å². The second-order valence-electron chi connectivity index (χ2n) is 6.66. The number of carbonyl (C=O) groups is 1. The molecule has 1 heterocycles. The van der Waals surface area contributed by atoms with E-state index < -0.39 is 0 Å². The van der Waals surface area contributed by atoms with Crippen molar-refractivity contribution in [3.63, 3.8) is 0 Å². The van der Waals surface area contributed by atoms with Crippen LogP contribution in [0.1, 0.15) is 43.7 Å². The molecule has 3 rings (SSSR count). The Hall–Kier alpha value is -2.20. The molecule has 1 aromatic carbocycles. The predicted molar refractivity (Wildman–Crippen MR) is 103 cm³/mol. The Morgan fingerprint density at radius 2 is 2.04 bits per heavy atom. The van der Waals surface area contributed by atoms with E-state index in [2.05, 4.69) is 23.8 Å². The number of allylic oxidation sites excluding steroid dienone is 1. The molecule has 0 spiro atoms. The summed E-state index contributed by atoms with van der Waals surface area (Å²) in [5, 5.41) is 6.56. The van der Waals surface area contributed by atoms with Crippen molar-refractivity contribution in [2.24, 2.45) is 5.92 Å². The molecule has 1 fully saturated rings. The highest BCUT2D eigenvalue weighted by Crippen LogP contribution is 2.33. The van der Waals surface area contributed by atoms with Gasteiger partial charge in [0.15, 0.2) is 0 Å². The molecule has 1 amide bonds. The van der Waals surface area contributed by atoms with Gasteiger partial charge in [0, 0.05) is 23.4 Å². The van der Waals surface area contributed by atoms with Gasteiger partial charge in [-0.2, -0.15) is 0 Å². The van der Waals surface area contributed by atoms with E-state index in [9.17, 15) is 4.79 Å². The summed E-state index contributed by atoms with van der Waals surface area (Å²) in [5.74, 6) is 0.745. The average Bonchev–Trinajstić information content (AvgIpc) is 2.56. The number of hydrogen-bond acceptors (Lipinski definition) is 3. The van der Waals surface area contributed by atoms with Crippen LogP contribution in [-0.4, -0.2) is 12.0 Å². The number of nitrogens with one attached hydrogen (secondary N) is 2. The largest absolute Gasteiger partial charge is 0.496 e. The van der Waals surface area contributed by atoms with Crippen LogP contribution in [0.4, 0.5) is 5.69 Å². The number of carbonyl (C=O) groups excluding carboxylic acids is 1. The third-order valence-electron chi connectivity index (χ3n) is 4.66. The first-order valence-corrected chi connectivity index (χ1v) is 8.91. The second kappa shape index (κ2) is 7.36. The minimum Gasteiger partial charge on any atom is -0.496 e. The van der Waals surface area contributed by atoms with Crippen LogP contribution >= 0.6 is 11.6 Å². The van der Waals surface area contributed by atoms with Gasteiger partial charge in [0.05, 0.1) is 22.6 Å². The van der Waals surface area contributed by atoms with E-state index >= 15 is 0 Å². The quantitative estimate of drug-likeness (QED) is 0.750. The molecule has 2 aliphatic rings. The summed E-state index contributed by atoms with van der Waals surface area (Å²) < 4.78 is 5.66. The molecular weight excluding hydrogens is 336 g/mol. The van der Waals surface area contributed by atoms with Crippen LogP contribution in [0.5, 0.6) is 0 Å². The van der Waals surface area contributed by atoms with Crippen molar-refractivity contribution >= 4 is 35.0 Å². The third-order valence-corrected chi connectivity index (χ3v) is 4.97. The fraction of sp³-hybridized carbons (Fsp3) is 0.350. The van der Waals surface area contributed by atoms with E-state index in [1.807, 2.05) is 31.3 Å². The Morgan fingerprint density at radius 3 is 2.72 bits per heavy atom. The van der Waals surface area contributed by atoms with Gasteiger partial charge in [0.1, 0.15) is 0 Å². The van der Waals surface area contributed by atoms with Crippen molar-refractivity contribution in [1.29, 1.82) is 0 Å². The highest BCUT2D eigenvalue weighted by molar-refractivity contribution is 6.34. The second-order valence-corrected chi connectivity index (χ2v) is 7.07. The smallest absolute Gasteiger partial charge is 0.227 e. The zero-order valence-corrected chi connectivity index (χ0v) is 15.2. The van der Waals surface area contributed by atoms with Crippen molar-refractivity contribution in [1.82, 2.24) is 5.32 Å². The van der Waals surface area contributed by atoms with Crippen molar-refractivity contribution in [2.75, 3.05) is 5.32 Å². The molecule has 0 atom stereocenters. The standard InChI is InChI=1S/C20H23ClN2O2/c1-12(2)25-16-6-4-14(5-7-16)20(24)23-19-10-15-8-9-22-13(3)17(15)11-18(19)21/h8-11,14,16,22H,1,3-7H2,2H3,(H,23,24). The highest BCUT2D eigenvalue weighted by Gasteiger charge is 2.27. The van der Waals surface area contributed by atoms with Gasteiger partial charge in [-0.05, 0) is 56.4 Å². The predicted octanol–water partition coefficient (Wildman–Crippen LogP) is 4.93. The molecule has 0 bridgehead atoms. The number of rotatable bonds is 4. The van der Waals surface area contributed by atoms with E-state index in [-0.39, 0.29) is 17.9 Å². The third kappa shape index (κ3) is 4.07. The summed E-state index contributed by atoms with van der Waals surface area (Å²) in [5.41, 5.74) is 3.38. The molecule has 0 radical (unpaired) electrons. The molecule has 2 N–H and O–H groups in total. The van der Waals surface area contributed by atoms with Crippen molar-refractivity contribution in [3.05, 3.63) is 53.4 Å². The van der Waals surface area contributed by atoms with Crippen LogP contribution < -0.4 is 10.6 Å². The van der Waals surface area contributed by atoms with Gasteiger partial charge in [-0.3, -0.25) is 4.79 Å². The van der Waals surface area contributed by atoms with Crippen LogP contribution in [0, 0.1) is 5.92 Å². The molecule has 5 heteroatoms. The normalized spacial score (nSPS) is 21.9. The van der Waals surface area contributed by atoms with Gasteiger partial charge in [-0.25, -0.2) is 0 Å². The van der Waals surface area contributed by atoms with Crippen LogP contribution in [0.15, 0.2) is 37.2 Å². The molecular formula is C20H23ClN2O2. The lowest BCUT2D eigenvalue weighted by molar-refractivity contribution is -0.121. The number of amides is 1. The number of halogens is 1. The first-order valence-electron chi connectivity index (χ1n) is 8.53. The van der Waals surface area contributed by atoms with Crippen LogP contribution in [0.25, 0.3) is 11.8 Å². The van der Waals surface area contributed by atoms with Crippen LogP contribution in [0.3, 0.4) is 0 Å². The van der Waals surface area contributed by atoms with E-state index in [1.54, 1.807) is 0 Å². The first-order chi connectivity index (χ1) is 11.9. The lowest BCUT2D eigenvalue weighted by atomic mass is 9.86. The number of anilines is 1. The van der Waals surface area contributed by atoms with Crippen molar-refractivity contribution in [2.45, 2.75) is 38.7 Å². The number of ether oxygens (including phenoxy) is 1. The lowest BCUT2D eigenvalue weighted by Gasteiger charge is -2.28. The average molecular weight is 359 g/mol. The summed E-state index contributed by atoms with van der Waals surface area (Å²) in [7, 11) is 0. The fourth-order valence-corrected chi connectivity index (χ4v) is 3.57. The molecule has 1 aliphatic heterocycles. The molecule has 25 heavy (non-hydrogen) atoms. The van der Waals surface area contributed by atoms with Crippen LogP contribution in [-0.2, 0) is 9.53 Å². The topological polar surface area (TPSA) is 50.4 Å². The maximum Gasteiger partial charge on any atom is 0.227 e. The van der Waals surface area contributed by atoms with Gasteiger partial charge in [-0.1, -0.05) is 24.8 Å². The van der Waals surface area contributed by atoms with Gasteiger partial charge in [0.25, 0.3) is 0 Å². The van der Waals surface area contributed by atoms with Gasteiger partial charge in [-0.15, -0.1) is 0 Å². The Labute approximate surface area is 153 Å². The number of hydrogen-bond donors (Lipinski definition) is 2. The monoisotopic (exact) mass is 358 g/mol. The molecule has 1 saturated carbocycles. The summed E-state index contributed by atoms with van der Waals surface area (Å²) in [6.45, 7) is 9.60. The minimum atomic E-state index is -0.00996. The lowest BCUT2D eigenvalue weighted by Crippen LogP contribution is -2.29. The number of fused-ring (bicyclic) bond motifs is 1. The summed E-state index contributed by atoms with van der Waals surface area (Å²) in [6, 6.07) is 3.73. The van der Waals surface area contributed by atoms with Gasteiger partial charge >= 0.3 is 0 Å². The first kappa shape index (κ1) is 17.6. The molecule has 4 nitrogen and oxygen atoms in total. The van der Waals surface area contributed by atoms with E-state index in [0.717, 1.165) is 48.3 Å². The van der Waals surface area contributed by atoms with Gasteiger partial charge < -0.3 is 15.4 Å². The summed E-state index contributed by atoms with van der Waals surface area (Å²) in [4.78, 5) is 12.6. The fourth-order valence-electron chi connectivity index (χ4n) is 3.36. The molecule has 132 valence electrons. The Balaban J connectivity index is 1.65. The minimum absolute atomic E-state index is 0.00996. The maximum absolute atomic E-state index is 12.6. The summed E-state index contributed by atoms with van der Waals surface area (Å²) in [6.07, 6.45) is 7.31. The molecule has 0 unspecified atom stereocenters. The van der Waals surface area contributed by atoms with E-state index in [0.29, 0.717) is 10.7 Å². The van der Waals surface area contributed by atoms with E-state index in [1.165, 1.54) is 0 Å². The molecule has 0 saturated heterocycles.